The van der Waals surface area contributed by atoms with Crippen molar-refractivity contribution in [2.45, 2.75) is 84.0 Å². The maximum absolute atomic E-state index is 10.4. The first-order valence-electron chi connectivity index (χ1n) is 13.5. The lowest BCUT2D eigenvalue weighted by molar-refractivity contribution is -0.143. The Hall–Kier alpha value is -3.28. The van der Waals surface area contributed by atoms with Gasteiger partial charge < -0.3 is 21.0 Å². The van der Waals surface area contributed by atoms with E-state index < -0.39 is 11.9 Å². The summed E-state index contributed by atoms with van der Waals surface area (Å²) in [7, 11) is 0. The van der Waals surface area contributed by atoms with Crippen molar-refractivity contribution in [3.05, 3.63) is 60.2 Å². The van der Waals surface area contributed by atoms with Gasteiger partial charge in [0.25, 0.3) is 0 Å². The molecule has 6 nitrogen and oxygen atoms in total. The lowest BCUT2D eigenvalue weighted by Gasteiger charge is -2.16. The molecule has 0 aliphatic heterocycles. The van der Waals surface area contributed by atoms with Gasteiger partial charge in [0.15, 0.2) is 0 Å². The molecule has 37 heavy (non-hydrogen) atoms. The Balaban J connectivity index is 0.000000222. The van der Waals surface area contributed by atoms with Crippen LogP contribution in [-0.2, 0) is 9.59 Å². The Morgan fingerprint density at radius 3 is 1.49 bits per heavy atom. The minimum absolute atomic E-state index is 0.0289. The van der Waals surface area contributed by atoms with Crippen molar-refractivity contribution < 1.29 is 19.8 Å². The van der Waals surface area contributed by atoms with Crippen LogP contribution in [0.1, 0.15) is 89.5 Å². The zero-order chi connectivity index (χ0) is 27.0. The number of hydrogen-bond acceptors (Lipinski definition) is 4. The predicted molar refractivity (Wildman–Crippen MR) is 150 cm³/mol. The number of benzene rings is 2. The fourth-order valence-electron chi connectivity index (χ4n) is 4.65. The number of hydrogen-bond donors (Lipinski definition) is 4. The van der Waals surface area contributed by atoms with Crippen LogP contribution >= 0.6 is 0 Å². The van der Waals surface area contributed by atoms with Crippen LogP contribution in [0.25, 0.3) is 11.1 Å². The van der Waals surface area contributed by atoms with Gasteiger partial charge in [0, 0.05) is 11.4 Å². The van der Waals surface area contributed by atoms with Crippen LogP contribution in [0, 0.1) is 22.7 Å². The van der Waals surface area contributed by atoms with Gasteiger partial charge in [0.2, 0.25) is 0 Å². The summed E-state index contributed by atoms with van der Waals surface area (Å²) in [5.41, 5.74) is 4.54. The van der Waals surface area contributed by atoms with E-state index in [1.807, 2.05) is 30.3 Å². The molecule has 0 atom stereocenters. The van der Waals surface area contributed by atoms with Crippen LogP contribution < -0.4 is 0 Å². The van der Waals surface area contributed by atoms with Gasteiger partial charge in [-0.05, 0) is 62.1 Å². The van der Waals surface area contributed by atoms with Crippen molar-refractivity contribution in [3.8, 4) is 11.1 Å². The SMILES string of the molecule is CC(=N)CCC(=N)c1ccc(-c2ccccc2)cc1.O=C(O)C1CCCCC1.O=C(O)C1CCCCC1. The fraction of sp³-hybridized carbons (Fsp3) is 0.484. The third kappa shape index (κ3) is 11.5. The molecule has 0 radical (unpaired) electrons. The van der Waals surface area contributed by atoms with Gasteiger partial charge in [0.1, 0.15) is 0 Å². The number of carbonyl (C=O) groups is 2. The van der Waals surface area contributed by atoms with Crippen molar-refractivity contribution in [2.24, 2.45) is 11.8 Å². The Labute approximate surface area is 221 Å². The molecule has 200 valence electrons. The van der Waals surface area contributed by atoms with E-state index in [9.17, 15) is 9.59 Å². The van der Waals surface area contributed by atoms with Gasteiger partial charge in [-0.15, -0.1) is 0 Å². The molecule has 2 aromatic carbocycles. The minimum atomic E-state index is -0.602. The maximum Gasteiger partial charge on any atom is 0.306 e. The van der Waals surface area contributed by atoms with E-state index >= 15 is 0 Å². The quantitative estimate of drug-likeness (QED) is 0.286. The van der Waals surface area contributed by atoms with E-state index in [0.29, 0.717) is 24.3 Å². The van der Waals surface area contributed by atoms with E-state index in [1.165, 1.54) is 24.0 Å². The highest BCUT2D eigenvalue weighted by Gasteiger charge is 2.20. The van der Waals surface area contributed by atoms with E-state index in [0.717, 1.165) is 56.9 Å². The zero-order valence-corrected chi connectivity index (χ0v) is 22.0. The summed E-state index contributed by atoms with van der Waals surface area (Å²) in [4.78, 5) is 20.7. The van der Waals surface area contributed by atoms with Crippen LogP contribution in [0.3, 0.4) is 0 Å². The highest BCUT2D eigenvalue weighted by Crippen LogP contribution is 2.24. The smallest absolute Gasteiger partial charge is 0.306 e. The van der Waals surface area contributed by atoms with Crippen LogP contribution in [0.2, 0.25) is 0 Å². The second-order valence-electron chi connectivity index (χ2n) is 10.0. The van der Waals surface area contributed by atoms with Crippen LogP contribution in [0.4, 0.5) is 0 Å². The topological polar surface area (TPSA) is 122 Å². The molecule has 4 N–H and O–H groups in total. The molecule has 2 saturated carbocycles. The van der Waals surface area contributed by atoms with Crippen molar-refractivity contribution in [1.82, 2.24) is 0 Å². The Morgan fingerprint density at radius 1 is 0.676 bits per heavy atom. The van der Waals surface area contributed by atoms with Crippen molar-refractivity contribution in [1.29, 1.82) is 10.8 Å². The normalized spacial score (nSPS) is 15.8. The third-order valence-corrected chi connectivity index (χ3v) is 7.00. The van der Waals surface area contributed by atoms with Crippen LogP contribution in [0.15, 0.2) is 54.6 Å². The summed E-state index contributed by atoms with van der Waals surface area (Å²) in [6.45, 7) is 1.78. The number of rotatable bonds is 7. The van der Waals surface area contributed by atoms with Crippen molar-refractivity contribution in [2.75, 3.05) is 0 Å². The average Bonchev–Trinajstić information content (AvgIpc) is 2.94. The molecule has 0 aromatic heterocycles. The highest BCUT2D eigenvalue weighted by atomic mass is 16.4. The van der Waals surface area contributed by atoms with Gasteiger partial charge in [-0.2, -0.15) is 0 Å². The van der Waals surface area contributed by atoms with E-state index in [2.05, 4.69) is 24.3 Å². The second kappa shape index (κ2) is 16.5. The molecule has 0 heterocycles. The zero-order valence-electron chi connectivity index (χ0n) is 22.0. The van der Waals surface area contributed by atoms with E-state index in [1.54, 1.807) is 6.92 Å². The summed E-state index contributed by atoms with van der Waals surface area (Å²) in [5.74, 6) is -1.26. The Morgan fingerprint density at radius 2 is 1.11 bits per heavy atom. The van der Waals surface area contributed by atoms with Gasteiger partial charge in [-0.25, -0.2) is 0 Å². The van der Waals surface area contributed by atoms with Crippen molar-refractivity contribution in [3.63, 3.8) is 0 Å². The first-order valence-corrected chi connectivity index (χ1v) is 13.5. The molecule has 0 spiro atoms. The monoisotopic (exact) mass is 506 g/mol. The van der Waals surface area contributed by atoms with Crippen LogP contribution in [-0.4, -0.2) is 33.6 Å². The first-order chi connectivity index (χ1) is 17.8. The number of aliphatic carboxylic acids is 2. The number of carboxylic acids is 2. The summed E-state index contributed by atoms with van der Waals surface area (Å²) < 4.78 is 0. The van der Waals surface area contributed by atoms with E-state index in [-0.39, 0.29) is 11.8 Å². The molecule has 4 rings (SSSR count). The lowest BCUT2D eigenvalue weighted by Crippen LogP contribution is -2.16. The molecule has 0 saturated heterocycles. The largest absolute Gasteiger partial charge is 0.481 e. The second-order valence-corrected chi connectivity index (χ2v) is 10.0. The number of carboxylic acid groups (broad SMARTS) is 2. The molecule has 2 fully saturated rings. The summed E-state index contributed by atoms with van der Waals surface area (Å²) in [5, 5.41) is 32.5. The van der Waals surface area contributed by atoms with Gasteiger partial charge in [0.05, 0.1) is 11.8 Å². The van der Waals surface area contributed by atoms with Crippen molar-refractivity contribution >= 4 is 23.4 Å². The molecular weight excluding hydrogens is 464 g/mol. The molecular formula is C31H42N2O4. The minimum Gasteiger partial charge on any atom is -0.481 e. The fourth-order valence-corrected chi connectivity index (χ4v) is 4.65. The standard InChI is InChI=1S/C17H18N2.2C7H12O2/c1-13(18)7-12-17(19)16-10-8-15(9-11-16)14-5-3-2-4-6-14;2*8-7(9)6-4-2-1-3-5-6/h2-6,8-11,18-19H,7,12H2,1H3;2*6H,1-5H2,(H,8,9). The highest BCUT2D eigenvalue weighted by molar-refractivity contribution is 6.00. The third-order valence-electron chi connectivity index (χ3n) is 7.00. The Bertz CT molecular complexity index is 962. The molecule has 0 amide bonds. The summed E-state index contributed by atoms with van der Waals surface area (Å²) >= 11 is 0. The average molecular weight is 507 g/mol. The van der Waals surface area contributed by atoms with Gasteiger partial charge in [-0.3, -0.25) is 9.59 Å². The van der Waals surface area contributed by atoms with Gasteiger partial charge >= 0.3 is 11.9 Å². The number of nitrogens with one attached hydrogen (secondary N) is 2. The Kier molecular flexibility index (Phi) is 13.3. The lowest BCUT2D eigenvalue weighted by atomic mass is 9.90. The molecule has 2 aliphatic carbocycles. The molecule has 2 aromatic rings. The summed E-state index contributed by atoms with van der Waals surface area (Å²) in [6.07, 6.45) is 11.8. The molecule has 0 bridgehead atoms. The molecule has 6 heteroatoms. The summed E-state index contributed by atoms with van der Waals surface area (Å²) in [6, 6.07) is 18.3. The van der Waals surface area contributed by atoms with E-state index in [4.69, 9.17) is 21.0 Å². The maximum atomic E-state index is 10.4. The first kappa shape index (κ1) is 29.9. The molecule has 0 unspecified atom stereocenters. The van der Waals surface area contributed by atoms with Gasteiger partial charge in [-0.1, -0.05) is 93.1 Å². The molecule has 2 aliphatic rings. The predicted octanol–water partition coefficient (Wildman–Crippen LogP) is 7.84. The van der Waals surface area contributed by atoms with Crippen LogP contribution in [0.5, 0.6) is 0 Å².